The fraction of sp³-hybridized carbons (Fsp3) is 0.462. The van der Waals surface area contributed by atoms with Crippen LogP contribution in [-0.4, -0.2) is 20.7 Å². The number of thiophene rings is 1. The molecule has 3 heterocycles. The molecule has 1 aliphatic heterocycles. The van der Waals surface area contributed by atoms with Gasteiger partial charge in [0.15, 0.2) is 5.82 Å². The number of halogens is 1. The first kappa shape index (κ1) is 13.8. The van der Waals surface area contributed by atoms with E-state index in [4.69, 9.17) is 0 Å². The second-order valence-electron chi connectivity index (χ2n) is 4.99. The van der Waals surface area contributed by atoms with Gasteiger partial charge in [-0.15, -0.1) is 21.5 Å². The number of nitrogens with zero attached hydrogens (tertiary/aromatic N) is 3. The van der Waals surface area contributed by atoms with Gasteiger partial charge in [0.25, 0.3) is 5.91 Å². The van der Waals surface area contributed by atoms with E-state index in [1.807, 2.05) is 19.9 Å². The Morgan fingerprint density at radius 2 is 2.35 bits per heavy atom. The van der Waals surface area contributed by atoms with Gasteiger partial charge in [-0.25, -0.2) is 0 Å². The normalized spacial score (nSPS) is 15.2. The van der Waals surface area contributed by atoms with Crippen molar-refractivity contribution in [1.82, 2.24) is 20.1 Å². The lowest BCUT2D eigenvalue weighted by molar-refractivity contribution is 0.0941. The van der Waals surface area contributed by atoms with Crippen molar-refractivity contribution in [1.29, 1.82) is 0 Å². The molecule has 2 aromatic heterocycles. The molecule has 20 heavy (non-hydrogen) atoms. The van der Waals surface area contributed by atoms with Gasteiger partial charge < -0.3 is 9.88 Å². The number of aromatic nitrogens is 3. The van der Waals surface area contributed by atoms with Crippen LogP contribution in [0.15, 0.2) is 9.85 Å². The third-order valence-corrected chi connectivity index (χ3v) is 5.59. The highest BCUT2D eigenvalue weighted by Crippen LogP contribution is 2.28. The zero-order chi connectivity index (χ0) is 14.3. The number of aryl methyl sites for hydroxylation is 2. The van der Waals surface area contributed by atoms with Gasteiger partial charge in [0.1, 0.15) is 5.82 Å². The Kier molecular flexibility index (Phi) is 3.64. The number of fused-ring (bicyclic) bond motifs is 1. The van der Waals surface area contributed by atoms with E-state index in [9.17, 15) is 4.79 Å². The van der Waals surface area contributed by atoms with Crippen LogP contribution in [-0.2, 0) is 13.0 Å². The molecule has 5 nitrogen and oxygen atoms in total. The van der Waals surface area contributed by atoms with Gasteiger partial charge in [-0.3, -0.25) is 4.79 Å². The van der Waals surface area contributed by atoms with Gasteiger partial charge in [-0.1, -0.05) is 0 Å². The van der Waals surface area contributed by atoms with Crippen LogP contribution in [0.2, 0.25) is 0 Å². The lowest BCUT2D eigenvalue weighted by Gasteiger charge is -2.13. The van der Waals surface area contributed by atoms with Crippen LogP contribution < -0.4 is 5.32 Å². The van der Waals surface area contributed by atoms with Gasteiger partial charge in [0.2, 0.25) is 0 Å². The quantitative estimate of drug-likeness (QED) is 0.921. The van der Waals surface area contributed by atoms with Crippen LogP contribution in [0.4, 0.5) is 0 Å². The smallest absolute Gasteiger partial charge is 0.261 e. The fourth-order valence-electron chi connectivity index (χ4n) is 2.40. The van der Waals surface area contributed by atoms with Crippen LogP contribution in [0.25, 0.3) is 0 Å². The molecular formula is C13H15BrN4OS. The van der Waals surface area contributed by atoms with Crippen molar-refractivity contribution in [2.24, 2.45) is 0 Å². The van der Waals surface area contributed by atoms with Crippen molar-refractivity contribution in [3.8, 4) is 0 Å². The molecule has 0 bridgehead atoms. The molecule has 1 atom stereocenters. The summed E-state index contributed by atoms with van der Waals surface area (Å²) < 4.78 is 3.11. The second kappa shape index (κ2) is 5.29. The average molecular weight is 355 g/mol. The Morgan fingerprint density at radius 1 is 1.55 bits per heavy atom. The largest absolute Gasteiger partial charge is 0.342 e. The Morgan fingerprint density at radius 3 is 3.05 bits per heavy atom. The van der Waals surface area contributed by atoms with E-state index >= 15 is 0 Å². The molecular weight excluding hydrogens is 340 g/mol. The second-order valence-corrected chi connectivity index (χ2v) is 7.36. The number of rotatable bonds is 3. The molecule has 1 unspecified atom stereocenters. The predicted molar refractivity (Wildman–Crippen MR) is 81.0 cm³/mol. The Balaban J connectivity index is 1.75. The summed E-state index contributed by atoms with van der Waals surface area (Å²) in [6, 6.07) is 1.76. The van der Waals surface area contributed by atoms with Crippen molar-refractivity contribution >= 4 is 33.2 Å². The minimum Gasteiger partial charge on any atom is -0.342 e. The summed E-state index contributed by atoms with van der Waals surface area (Å²) in [6.07, 6.45) is 2.08. The molecule has 0 aromatic carbocycles. The number of hydrogen-bond acceptors (Lipinski definition) is 4. The minimum absolute atomic E-state index is 0.0633. The van der Waals surface area contributed by atoms with Gasteiger partial charge in [-0.05, 0) is 47.8 Å². The monoisotopic (exact) mass is 354 g/mol. The maximum Gasteiger partial charge on any atom is 0.261 e. The van der Waals surface area contributed by atoms with E-state index < -0.39 is 0 Å². The molecule has 2 aromatic rings. The molecule has 1 aliphatic rings. The Hall–Kier alpha value is -1.21. The number of carbonyl (C=O) groups excluding carboxylic acids is 1. The van der Waals surface area contributed by atoms with Crippen LogP contribution >= 0.6 is 27.3 Å². The average Bonchev–Trinajstić information content (AvgIpc) is 3.05. The summed E-state index contributed by atoms with van der Waals surface area (Å²) in [5.41, 5.74) is 1.08. The lowest BCUT2D eigenvalue weighted by atomic mass is 10.3. The number of nitrogens with one attached hydrogen (secondary N) is 1. The summed E-state index contributed by atoms with van der Waals surface area (Å²) in [6.45, 7) is 4.87. The van der Waals surface area contributed by atoms with Crippen LogP contribution in [0, 0.1) is 6.92 Å². The predicted octanol–water partition coefficient (Wildman–Crippen LogP) is 2.85. The third-order valence-electron chi connectivity index (χ3n) is 3.45. The first-order valence-electron chi connectivity index (χ1n) is 6.55. The molecule has 0 spiro atoms. The summed E-state index contributed by atoms with van der Waals surface area (Å²) in [5, 5.41) is 11.4. The molecule has 0 aliphatic carbocycles. The highest BCUT2D eigenvalue weighted by Gasteiger charge is 2.23. The Labute approximate surface area is 129 Å². The fourth-order valence-corrected chi connectivity index (χ4v) is 3.84. The van der Waals surface area contributed by atoms with E-state index in [2.05, 4.69) is 36.0 Å². The van der Waals surface area contributed by atoms with Crippen LogP contribution in [0.5, 0.6) is 0 Å². The molecule has 0 fully saturated rings. The maximum atomic E-state index is 12.2. The van der Waals surface area contributed by atoms with E-state index in [1.54, 1.807) is 0 Å². The summed E-state index contributed by atoms with van der Waals surface area (Å²) >= 11 is 4.89. The zero-order valence-corrected chi connectivity index (χ0v) is 13.7. The Bertz CT molecular complexity index is 644. The molecule has 1 N–H and O–H groups in total. The SMILES string of the molecule is Cc1cc(C(=O)NC(C)c2nnc3n2CCC3)sc1Br. The van der Waals surface area contributed by atoms with Gasteiger partial charge in [-0.2, -0.15) is 0 Å². The van der Waals surface area contributed by atoms with Gasteiger partial charge >= 0.3 is 0 Å². The highest BCUT2D eigenvalue weighted by molar-refractivity contribution is 9.11. The first-order valence-corrected chi connectivity index (χ1v) is 8.16. The van der Waals surface area contributed by atoms with E-state index in [0.29, 0.717) is 4.88 Å². The van der Waals surface area contributed by atoms with E-state index in [0.717, 1.165) is 40.4 Å². The first-order chi connectivity index (χ1) is 9.56. The van der Waals surface area contributed by atoms with Gasteiger partial charge in [0, 0.05) is 13.0 Å². The minimum atomic E-state index is -0.136. The number of carbonyl (C=O) groups is 1. The van der Waals surface area contributed by atoms with Crippen molar-refractivity contribution < 1.29 is 4.79 Å². The molecule has 106 valence electrons. The van der Waals surface area contributed by atoms with Gasteiger partial charge in [0.05, 0.1) is 14.7 Å². The summed E-state index contributed by atoms with van der Waals surface area (Å²) in [5.74, 6) is 1.81. The van der Waals surface area contributed by atoms with Crippen molar-refractivity contribution in [2.75, 3.05) is 0 Å². The molecule has 0 saturated heterocycles. The standard InChI is InChI=1S/C13H15BrN4OS/c1-7-6-9(20-11(7)14)13(19)15-8(2)12-17-16-10-4-3-5-18(10)12/h6,8H,3-5H2,1-2H3,(H,15,19). The lowest BCUT2D eigenvalue weighted by Crippen LogP contribution is -2.28. The number of amides is 1. The molecule has 3 rings (SSSR count). The summed E-state index contributed by atoms with van der Waals surface area (Å²) in [7, 11) is 0. The topological polar surface area (TPSA) is 59.8 Å². The third kappa shape index (κ3) is 2.40. The van der Waals surface area contributed by atoms with Crippen molar-refractivity contribution in [3.05, 3.63) is 31.9 Å². The van der Waals surface area contributed by atoms with E-state index in [-0.39, 0.29) is 11.9 Å². The van der Waals surface area contributed by atoms with Crippen LogP contribution in [0.1, 0.15) is 46.3 Å². The highest BCUT2D eigenvalue weighted by atomic mass is 79.9. The summed E-state index contributed by atoms with van der Waals surface area (Å²) in [4.78, 5) is 12.9. The number of hydrogen-bond donors (Lipinski definition) is 1. The molecule has 1 amide bonds. The van der Waals surface area contributed by atoms with Crippen molar-refractivity contribution in [3.63, 3.8) is 0 Å². The zero-order valence-electron chi connectivity index (χ0n) is 11.3. The maximum absolute atomic E-state index is 12.2. The molecule has 0 saturated carbocycles. The van der Waals surface area contributed by atoms with E-state index in [1.165, 1.54) is 11.3 Å². The van der Waals surface area contributed by atoms with Crippen LogP contribution in [0.3, 0.4) is 0 Å². The molecule has 7 heteroatoms. The van der Waals surface area contributed by atoms with Crippen molar-refractivity contribution in [2.45, 2.75) is 39.3 Å². The molecule has 0 radical (unpaired) electrons.